The molecule has 0 aliphatic heterocycles. The zero-order valence-corrected chi connectivity index (χ0v) is 11.0. The van der Waals surface area contributed by atoms with Crippen LogP contribution in [0.4, 0.5) is 0 Å². The lowest BCUT2D eigenvalue weighted by atomic mass is 10.3. The average molecular weight is 297 g/mol. The minimum Gasteiger partial charge on any atom is -0.346 e. The van der Waals surface area contributed by atoms with Crippen LogP contribution in [0.3, 0.4) is 0 Å². The Morgan fingerprint density at radius 2 is 2.35 bits per heavy atom. The van der Waals surface area contributed by atoms with Crippen LogP contribution in [0.15, 0.2) is 24.4 Å². The number of hydrogen-bond acceptors (Lipinski definition) is 3. The fourth-order valence-corrected chi connectivity index (χ4v) is 1.98. The molecule has 1 unspecified atom stereocenters. The third-order valence-corrected chi connectivity index (χ3v) is 2.82. The Bertz CT molecular complexity index is 525. The molecule has 0 aliphatic rings. The van der Waals surface area contributed by atoms with Crippen LogP contribution in [-0.4, -0.2) is 25.8 Å². The number of hydrogen-bond donors (Lipinski definition) is 1. The number of aromatic nitrogens is 3. The SMILES string of the molecule is CC(NC(=O)CCBr)c1nnc2ccccn12. The number of halogens is 1. The third kappa shape index (κ3) is 2.63. The van der Waals surface area contributed by atoms with E-state index in [4.69, 9.17) is 0 Å². The second-order valence-electron chi connectivity index (χ2n) is 3.72. The summed E-state index contributed by atoms with van der Waals surface area (Å²) in [6, 6.07) is 5.54. The van der Waals surface area contributed by atoms with Gasteiger partial charge in [0.1, 0.15) is 0 Å². The maximum Gasteiger partial charge on any atom is 0.221 e. The molecule has 0 saturated carbocycles. The Labute approximate surface area is 107 Å². The number of fused-ring (bicyclic) bond motifs is 1. The van der Waals surface area contributed by atoms with Crippen LogP contribution in [0.25, 0.3) is 5.65 Å². The van der Waals surface area contributed by atoms with Gasteiger partial charge in [0.05, 0.1) is 6.04 Å². The highest BCUT2D eigenvalue weighted by molar-refractivity contribution is 9.09. The molecule has 2 heterocycles. The average Bonchev–Trinajstić information content (AvgIpc) is 2.72. The van der Waals surface area contributed by atoms with E-state index in [-0.39, 0.29) is 11.9 Å². The van der Waals surface area contributed by atoms with E-state index >= 15 is 0 Å². The summed E-state index contributed by atoms with van der Waals surface area (Å²) >= 11 is 3.23. The first-order chi connectivity index (χ1) is 8.22. The highest BCUT2D eigenvalue weighted by atomic mass is 79.9. The summed E-state index contributed by atoms with van der Waals surface area (Å²) in [4.78, 5) is 11.5. The summed E-state index contributed by atoms with van der Waals surface area (Å²) in [5, 5.41) is 11.7. The van der Waals surface area contributed by atoms with Crippen molar-refractivity contribution in [3.05, 3.63) is 30.2 Å². The quantitative estimate of drug-likeness (QED) is 0.874. The molecule has 2 aromatic heterocycles. The number of rotatable bonds is 4. The first kappa shape index (κ1) is 12.0. The van der Waals surface area contributed by atoms with Gasteiger partial charge in [-0.2, -0.15) is 0 Å². The molecule has 17 heavy (non-hydrogen) atoms. The molecular weight excluding hydrogens is 284 g/mol. The second kappa shape index (κ2) is 5.27. The minimum absolute atomic E-state index is 0.00190. The topological polar surface area (TPSA) is 59.3 Å². The molecule has 0 aliphatic carbocycles. The van der Waals surface area contributed by atoms with Gasteiger partial charge < -0.3 is 5.32 Å². The normalized spacial score (nSPS) is 12.6. The molecule has 0 spiro atoms. The van der Waals surface area contributed by atoms with E-state index in [9.17, 15) is 4.79 Å². The molecule has 1 atom stereocenters. The van der Waals surface area contributed by atoms with E-state index in [1.165, 1.54) is 0 Å². The van der Waals surface area contributed by atoms with Crippen LogP contribution in [0, 0.1) is 0 Å². The van der Waals surface area contributed by atoms with Crippen molar-refractivity contribution in [2.24, 2.45) is 0 Å². The lowest BCUT2D eigenvalue weighted by Crippen LogP contribution is -2.27. The maximum atomic E-state index is 11.5. The summed E-state index contributed by atoms with van der Waals surface area (Å²) in [5.41, 5.74) is 0.782. The predicted octanol–water partition coefficient (Wildman–Crippen LogP) is 1.69. The fourth-order valence-electron chi connectivity index (χ4n) is 1.62. The summed E-state index contributed by atoms with van der Waals surface area (Å²) in [6.45, 7) is 1.90. The molecule has 0 saturated heterocycles. The smallest absolute Gasteiger partial charge is 0.221 e. The predicted molar refractivity (Wildman–Crippen MR) is 68.0 cm³/mol. The van der Waals surface area contributed by atoms with E-state index in [0.717, 1.165) is 11.5 Å². The molecule has 5 nitrogen and oxygen atoms in total. The summed E-state index contributed by atoms with van der Waals surface area (Å²) in [7, 11) is 0. The van der Waals surface area contributed by atoms with E-state index in [1.807, 2.05) is 35.7 Å². The summed E-state index contributed by atoms with van der Waals surface area (Å²) in [5.74, 6) is 0.741. The van der Waals surface area contributed by atoms with E-state index in [2.05, 4.69) is 31.4 Å². The van der Waals surface area contributed by atoms with Gasteiger partial charge in [0, 0.05) is 17.9 Å². The van der Waals surface area contributed by atoms with Crippen molar-refractivity contribution in [3.8, 4) is 0 Å². The zero-order chi connectivity index (χ0) is 12.3. The Morgan fingerprint density at radius 1 is 1.53 bits per heavy atom. The van der Waals surface area contributed by atoms with Crippen molar-refractivity contribution in [2.75, 3.05) is 5.33 Å². The largest absolute Gasteiger partial charge is 0.346 e. The summed E-state index contributed by atoms with van der Waals surface area (Å²) < 4.78 is 1.87. The number of amides is 1. The Balaban J connectivity index is 2.19. The number of nitrogens with zero attached hydrogens (tertiary/aromatic N) is 3. The van der Waals surface area contributed by atoms with Gasteiger partial charge in [-0.15, -0.1) is 10.2 Å². The molecule has 1 N–H and O–H groups in total. The van der Waals surface area contributed by atoms with Crippen molar-refractivity contribution in [1.82, 2.24) is 19.9 Å². The van der Waals surface area contributed by atoms with Gasteiger partial charge in [-0.05, 0) is 19.1 Å². The van der Waals surface area contributed by atoms with Crippen LogP contribution < -0.4 is 5.32 Å². The Morgan fingerprint density at radius 3 is 3.12 bits per heavy atom. The van der Waals surface area contributed by atoms with Crippen LogP contribution in [-0.2, 0) is 4.79 Å². The van der Waals surface area contributed by atoms with Crippen molar-refractivity contribution in [3.63, 3.8) is 0 Å². The van der Waals surface area contributed by atoms with Crippen molar-refractivity contribution in [1.29, 1.82) is 0 Å². The Hall–Kier alpha value is -1.43. The molecule has 6 heteroatoms. The first-order valence-corrected chi connectivity index (χ1v) is 6.49. The van der Waals surface area contributed by atoms with Crippen molar-refractivity contribution >= 4 is 27.5 Å². The Kier molecular flexibility index (Phi) is 3.73. The monoisotopic (exact) mass is 296 g/mol. The number of pyridine rings is 1. The zero-order valence-electron chi connectivity index (χ0n) is 9.43. The van der Waals surface area contributed by atoms with Gasteiger partial charge >= 0.3 is 0 Å². The van der Waals surface area contributed by atoms with Gasteiger partial charge in [0.25, 0.3) is 0 Å². The van der Waals surface area contributed by atoms with Crippen LogP contribution in [0.1, 0.15) is 25.2 Å². The van der Waals surface area contributed by atoms with Crippen LogP contribution in [0.2, 0.25) is 0 Å². The van der Waals surface area contributed by atoms with Crippen molar-refractivity contribution < 1.29 is 4.79 Å². The first-order valence-electron chi connectivity index (χ1n) is 5.37. The van der Waals surface area contributed by atoms with Gasteiger partial charge in [0.15, 0.2) is 11.5 Å². The van der Waals surface area contributed by atoms with Gasteiger partial charge in [0.2, 0.25) is 5.91 Å². The molecule has 0 bridgehead atoms. The number of alkyl halides is 1. The number of nitrogens with one attached hydrogen (secondary N) is 1. The molecule has 90 valence electrons. The molecule has 0 radical (unpaired) electrons. The molecule has 2 rings (SSSR count). The molecule has 2 aromatic rings. The van der Waals surface area contributed by atoms with E-state index in [1.54, 1.807) is 0 Å². The van der Waals surface area contributed by atoms with E-state index in [0.29, 0.717) is 11.8 Å². The van der Waals surface area contributed by atoms with Crippen LogP contribution >= 0.6 is 15.9 Å². The van der Waals surface area contributed by atoms with Crippen LogP contribution in [0.5, 0.6) is 0 Å². The lowest BCUT2D eigenvalue weighted by molar-refractivity contribution is -0.121. The van der Waals surface area contributed by atoms with Crippen molar-refractivity contribution in [2.45, 2.75) is 19.4 Å². The lowest BCUT2D eigenvalue weighted by Gasteiger charge is -2.11. The highest BCUT2D eigenvalue weighted by Crippen LogP contribution is 2.11. The third-order valence-electron chi connectivity index (χ3n) is 2.43. The second-order valence-corrected chi connectivity index (χ2v) is 4.51. The molecule has 0 fully saturated rings. The molecule has 1 amide bonds. The number of carbonyl (C=O) groups excluding carboxylic acids is 1. The standard InChI is InChI=1S/C11H13BrN4O/c1-8(13-10(17)5-6-12)11-15-14-9-4-2-3-7-16(9)11/h2-4,7-8H,5-6H2,1H3,(H,13,17). The fraction of sp³-hybridized carbons (Fsp3) is 0.364. The molecular formula is C11H13BrN4O. The highest BCUT2D eigenvalue weighted by Gasteiger charge is 2.14. The van der Waals surface area contributed by atoms with Gasteiger partial charge in [-0.25, -0.2) is 0 Å². The number of carbonyl (C=O) groups is 1. The summed E-state index contributed by atoms with van der Waals surface area (Å²) in [6.07, 6.45) is 2.35. The minimum atomic E-state index is -0.154. The van der Waals surface area contributed by atoms with Gasteiger partial charge in [-0.3, -0.25) is 9.20 Å². The van der Waals surface area contributed by atoms with Gasteiger partial charge in [-0.1, -0.05) is 22.0 Å². The van der Waals surface area contributed by atoms with E-state index < -0.39 is 0 Å². The molecule has 0 aromatic carbocycles. The maximum absolute atomic E-state index is 11.5.